The minimum atomic E-state index is -0.378. The second-order valence-electron chi connectivity index (χ2n) is 5.61. The van der Waals surface area contributed by atoms with Crippen LogP contribution in [0.5, 0.6) is 5.88 Å². The van der Waals surface area contributed by atoms with Gasteiger partial charge in [0.2, 0.25) is 11.8 Å². The molecular formula is C18H18N4O3. The monoisotopic (exact) mass is 338 g/mol. The minimum Gasteiger partial charge on any atom is -0.480 e. The van der Waals surface area contributed by atoms with Gasteiger partial charge in [-0.1, -0.05) is 12.1 Å². The first kappa shape index (κ1) is 16.6. The molecule has 1 aliphatic rings. The SMILES string of the molecule is COc1ncccc1NC(=O)C1=NN(c2cccc(C)c2)C(=O)CC1. The van der Waals surface area contributed by atoms with Crippen LogP contribution in [0, 0.1) is 6.92 Å². The Labute approximate surface area is 145 Å². The molecule has 7 nitrogen and oxygen atoms in total. The van der Waals surface area contributed by atoms with Gasteiger partial charge in [-0.25, -0.2) is 9.99 Å². The first-order valence-corrected chi connectivity index (χ1v) is 7.86. The number of hydrazone groups is 1. The summed E-state index contributed by atoms with van der Waals surface area (Å²) in [6, 6.07) is 10.8. The van der Waals surface area contributed by atoms with Crippen molar-refractivity contribution in [1.82, 2.24) is 4.98 Å². The first-order chi connectivity index (χ1) is 12.1. The number of carbonyl (C=O) groups excluding carboxylic acids is 2. The number of amides is 2. The Morgan fingerprint density at radius 1 is 1.24 bits per heavy atom. The van der Waals surface area contributed by atoms with Gasteiger partial charge in [0.15, 0.2) is 0 Å². The van der Waals surface area contributed by atoms with Gasteiger partial charge in [0.25, 0.3) is 5.91 Å². The van der Waals surface area contributed by atoms with Crippen LogP contribution in [0.3, 0.4) is 0 Å². The average Bonchev–Trinajstić information content (AvgIpc) is 2.62. The molecule has 128 valence electrons. The van der Waals surface area contributed by atoms with Gasteiger partial charge in [-0.2, -0.15) is 5.10 Å². The summed E-state index contributed by atoms with van der Waals surface area (Å²) in [6.45, 7) is 1.93. The maximum absolute atomic E-state index is 12.5. The third-order valence-electron chi connectivity index (χ3n) is 3.75. The Morgan fingerprint density at radius 3 is 2.84 bits per heavy atom. The van der Waals surface area contributed by atoms with Crippen molar-refractivity contribution in [1.29, 1.82) is 0 Å². The fraction of sp³-hybridized carbons (Fsp3) is 0.222. The number of nitrogens with one attached hydrogen (secondary N) is 1. The fourth-order valence-electron chi connectivity index (χ4n) is 2.52. The molecule has 7 heteroatoms. The van der Waals surface area contributed by atoms with E-state index in [0.717, 1.165) is 5.56 Å². The standard InChI is InChI=1S/C18H18N4O3/c1-12-5-3-6-13(11-12)22-16(23)9-8-14(21-22)17(24)20-15-7-4-10-19-18(15)25-2/h3-7,10-11H,8-9H2,1-2H3,(H,20,24). The Hall–Kier alpha value is -3.22. The summed E-state index contributed by atoms with van der Waals surface area (Å²) in [6.07, 6.45) is 2.09. The maximum atomic E-state index is 12.5. The van der Waals surface area contributed by atoms with Gasteiger partial charge in [-0.3, -0.25) is 9.59 Å². The summed E-state index contributed by atoms with van der Waals surface area (Å²) in [4.78, 5) is 28.8. The quantitative estimate of drug-likeness (QED) is 0.928. The highest BCUT2D eigenvalue weighted by Gasteiger charge is 2.26. The molecule has 0 saturated carbocycles. The smallest absolute Gasteiger partial charge is 0.272 e. The van der Waals surface area contributed by atoms with E-state index in [9.17, 15) is 9.59 Å². The number of ether oxygens (including phenoxy) is 1. The van der Waals surface area contributed by atoms with Crippen LogP contribution in [-0.2, 0) is 9.59 Å². The van der Waals surface area contributed by atoms with Gasteiger partial charge in [-0.05, 0) is 36.8 Å². The molecule has 1 aromatic carbocycles. The van der Waals surface area contributed by atoms with E-state index in [1.54, 1.807) is 24.4 Å². The Kier molecular flexibility index (Phi) is 4.74. The lowest BCUT2D eigenvalue weighted by molar-refractivity contribution is -0.118. The summed E-state index contributed by atoms with van der Waals surface area (Å²) < 4.78 is 5.12. The van der Waals surface area contributed by atoms with Crippen molar-refractivity contribution in [2.24, 2.45) is 5.10 Å². The zero-order valence-corrected chi connectivity index (χ0v) is 14.0. The highest BCUT2D eigenvalue weighted by Crippen LogP contribution is 2.23. The van der Waals surface area contributed by atoms with E-state index in [2.05, 4.69) is 15.4 Å². The number of aromatic nitrogens is 1. The summed E-state index contributed by atoms with van der Waals surface area (Å²) in [5.41, 5.74) is 2.40. The Morgan fingerprint density at radius 2 is 2.08 bits per heavy atom. The summed E-state index contributed by atoms with van der Waals surface area (Å²) in [5.74, 6) is -0.198. The van der Waals surface area contributed by atoms with Crippen LogP contribution in [-0.4, -0.2) is 29.6 Å². The predicted molar refractivity (Wildman–Crippen MR) is 94.8 cm³/mol. The molecule has 0 fully saturated rings. The molecule has 0 saturated heterocycles. The maximum Gasteiger partial charge on any atom is 0.272 e. The molecule has 1 aliphatic heterocycles. The van der Waals surface area contributed by atoms with Crippen molar-refractivity contribution in [2.75, 3.05) is 17.4 Å². The van der Waals surface area contributed by atoms with Crippen LogP contribution >= 0.6 is 0 Å². The number of hydrogen-bond donors (Lipinski definition) is 1. The highest BCUT2D eigenvalue weighted by atomic mass is 16.5. The highest BCUT2D eigenvalue weighted by molar-refractivity contribution is 6.44. The van der Waals surface area contributed by atoms with E-state index in [-0.39, 0.29) is 30.4 Å². The number of anilines is 2. The molecule has 0 bridgehead atoms. The van der Waals surface area contributed by atoms with Crippen molar-refractivity contribution in [3.8, 4) is 5.88 Å². The lowest BCUT2D eigenvalue weighted by Gasteiger charge is -2.23. The van der Waals surface area contributed by atoms with Crippen molar-refractivity contribution in [3.05, 3.63) is 48.2 Å². The minimum absolute atomic E-state index is 0.138. The van der Waals surface area contributed by atoms with Gasteiger partial charge >= 0.3 is 0 Å². The number of methoxy groups -OCH3 is 1. The van der Waals surface area contributed by atoms with Crippen molar-refractivity contribution in [2.45, 2.75) is 19.8 Å². The molecular weight excluding hydrogens is 320 g/mol. The van der Waals surface area contributed by atoms with Crippen LogP contribution in [0.4, 0.5) is 11.4 Å². The molecule has 2 amide bonds. The van der Waals surface area contributed by atoms with E-state index >= 15 is 0 Å². The van der Waals surface area contributed by atoms with Gasteiger partial charge in [-0.15, -0.1) is 0 Å². The second-order valence-corrected chi connectivity index (χ2v) is 5.61. The number of pyridine rings is 1. The van der Waals surface area contributed by atoms with Crippen LogP contribution in [0.15, 0.2) is 47.7 Å². The van der Waals surface area contributed by atoms with Crippen LogP contribution in [0.1, 0.15) is 18.4 Å². The number of rotatable bonds is 4. The van der Waals surface area contributed by atoms with E-state index < -0.39 is 0 Å². The van der Waals surface area contributed by atoms with E-state index in [1.165, 1.54) is 12.1 Å². The second kappa shape index (κ2) is 7.12. The van der Waals surface area contributed by atoms with Crippen molar-refractivity contribution >= 4 is 28.9 Å². The fourth-order valence-corrected chi connectivity index (χ4v) is 2.52. The third-order valence-corrected chi connectivity index (χ3v) is 3.75. The lowest BCUT2D eigenvalue weighted by atomic mass is 10.1. The molecule has 2 aromatic rings. The Balaban J connectivity index is 1.85. The molecule has 1 N–H and O–H groups in total. The molecule has 0 spiro atoms. The number of benzene rings is 1. The van der Waals surface area contributed by atoms with E-state index in [0.29, 0.717) is 17.3 Å². The Bertz CT molecular complexity index is 848. The van der Waals surface area contributed by atoms with Gasteiger partial charge in [0, 0.05) is 19.0 Å². The van der Waals surface area contributed by atoms with Gasteiger partial charge < -0.3 is 10.1 Å². The number of carbonyl (C=O) groups is 2. The number of aryl methyl sites for hydroxylation is 1. The van der Waals surface area contributed by atoms with Crippen molar-refractivity contribution < 1.29 is 14.3 Å². The average molecular weight is 338 g/mol. The zero-order valence-electron chi connectivity index (χ0n) is 14.0. The van der Waals surface area contributed by atoms with E-state index in [4.69, 9.17) is 4.74 Å². The first-order valence-electron chi connectivity index (χ1n) is 7.86. The summed E-state index contributed by atoms with van der Waals surface area (Å²) >= 11 is 0. The van der Waals surface area contributed by atoms with Crippen molar-refractivity contribution in [3.63, 3.8) is 0 Å². The largest absolute Gasteiger partial charge is 0.480 e. The topological polar surface area (TPSA) is 83.9 Å². The summed E-state index contributed by atoms with van der Waals surface area (Å²) in [5, 5.41) is 8.27. The van der Waals surface area contributed by atoms with Crippen LogP contribution < -0.4 is 15.1 Å². The number of nitrogens with zero attached hydrogens (tertiary/aromatic N) is 3. The molecule has 3 rings (SSSR count). The van der Waals surface area contributed by atoms with Crippen LogP contribution in [0.2, 0.25) is 0 Å². The van der Waals surface area contributed by atoms with Gasteiger partial charge in [0.05, 0.1) is 12.8 Å². The molecule has 2 heterocycles. The van der Waals surface area contributed by atoms with E-state index in [1.807, 2.05) is 25.1 Å². The molecule has 0 radical (unpaired) electrons. The third kappa shape index (κ3) is 3.65. The molecule has 0 atom stereocenters. The lowest BCUT2D eigenvalue weighted by Crippen LogP contribution is -2.36. The summed E-state index contributed by atoms with van der Waals surface area (Å²) in [7, 11) is 1.48. The normalized spacial score (nSPS) is 14.1. The molecule has 25 heavy (non-hydrogen) atoms. The number of hydrogen-bond acceptors (Lipinski definition) is 5. The van der Waals surface area contributed by atoms with Crippen LogP contribution in [0.25, 0.3) is 0 Å². The molecule has 1 aromatic heterocycles. The molecule has 0 unspecified atom stereocenters. The van der Waals surface area contributed by atoms with Gasteiger partial charge in [0.1, 0.15) is 11.4 Å². The predicted octanol–water partition coefficient (Wildman–Crippen LogP) is 2.52. The zero-order chi connectivity index (χ0) is 17.8. The molecule has 0 aliphatic carbocycles.